The van der Waals surface area contributed by atoms with Crippen LogP contribution in [0.2, 0.25) is 0 Å². The van der Waals surface area contributed by atoms with Crippen LogP contribution in [0.5, 0.6) is 0 Å². The first-order chi connectivity index (χ1) is 5.47. The molecule has 0 spiro atoms. The molecule has 0 atom stereocenters. The second-order valence-electron chi connectivity index (χ2n) is 2.13. The quantitative estimate of drug-likeness (QED) is 0.521. The molecule has 1 rings (SSSR count). The minimum absolute atomic E-state index is 0.0484. The first-order valence-electron chi connectivity index (χ1n) is 2.93. The lowest BCUT2D eigenvalue weighted by Crippen LogP contribution is -2.30. The van der Waals surface area contributed by atoms with Crippen LogP contribution < -0.4 is 5.73 Å². The maximum atomic E-state index is 11.0. The number of nitrogens with zero attached hydrogens (tertiary/aromatic N) is 3. The molecule has 6 nitrogen and oxygen atoms in total. The summed E-state index contributed by atoms with van der Waals surface area (Å²) in [6.45, 7) is 0. The normalized spacial score (nSPS) is 20.8. The first kappa shape index (κ1) is 8.55. The van der Waals surface area contributed by atoms with Gasteiger partial charge in [0.1, 0.15) is 11.6 Å². The van der Waals surface area contributed by atoms with E-state index >= 15 is 0 Å². The van der Waals surface area contributed by atoms with Crippen LogP contribution >= 0.6 is 0 Å². The van der Waals surface area contributed by atoms with E-state index in [1.165, 1.54) is 7.05 Å². The topological polar surface area (TPSA) is 99.5 Å². The molecule has 0 amide bonds. The second kappa shape index (κ2) is 2.49. The van der Waals surface area contributed by atoms with Crippen molar-refractivity contribution in [3.63, 3.8) is 0 Å². The van der Waals surface area contributed by atoms with Gasteiger partial charge in [-0.3, -0.25) is 4.31 Å². The minimum atomic E-state index is -3.68. The third-order valence-electron chi connectivity index (χ3n) is 1.28. The molecule has 12 heavy (non-hydrogen) atoms. The Hall–Kier alpha value is -1.55. The van der Waals surface area contributed by atoms with E-state index in [2.05, 4.69) is 4.40 Å². The summed E-state index contributed by atoms with van der Waals surface area (Å²) in [4.78, 5) is 0. The molecule has 0 saturated carbocycles. The van der Waals surface area contributed by atoms with Crippen molar-refractivity contribution in [2.45, 2.75) is 0 Å². The van der Waals surface area contributed by atoms with Crippen LogP contribution in [0.25, 0.3) is 0 Å². The zero-order valence-corrected chi connectivity index (χ0v) is 7.04. The van der Waals surface area contributed by atoms with Gasteiger partial charge in [-0.2, -0.15) is 13.7 Å². The third kappa shape index (κ3) is 1.24. The molecule has 64 valence electrons. The average Bonchev–Trinajstić information content (AvgIpc) is 1.96. The molecule has 0 aromatic rings. The van der Waals surface area contributed by atoms with E-state index in [0.29, 0.717) is 0 Å². The van der Waals surface area contributed by atoms with Gasteiger partial charge in [-0.15, -0.1) is 4.40 Å². The van der Waals surface area contributed by atoms with Crippen LogP contribution in [0.3, 0.4) is 0 Å². The Morgan fingerprint density at radius 2 is 2.33 bits per heavy atom. The molecule has 0 saturated heterocycles. The van der Waals surface area contributed by atoms with Crippen molar-refractivity contribution in [1.82, 2.24) is 4.31 Å². The molecule has 0 aliphatic carbocycles. The lowest BCUT2D eigenvalue weighted by atomic mass is 10.3. The lowest BCUT2D eigenvalue weighted by Gasteiger charge is -2.15. The summed E-state index contributed by atoms with van der Waals surface area (Å²) >= 11 is 0. The zero-order valence-electron chi connectivity index (χ0n) is 6.22. The summed E-state index contributed by atoms with van der Waals surface area (Å²) in [6, 6.07) is 1.72. The first-order valence-corrected chi connectivity index (χ1v) is 4.33. The molecule has 0 bridgehead atoms. The van der Waals surface area contributed by atoms with Crippen LogP contribution in [0.15, 0.2) is 16.2 Å². The molecule has 0 fully saturated rings. The van der Waals surface area contributed by atoms with Crippen LogP contribution in [-0.4, -0.2) is 25.6 Å². The number of nitriles is 1. The molecule has 1 heterocycles. The van der Waals surface area contributed by atoms with Gasteiger partial charge < -0.3 is 5.73 Å². The van der Waals surface area contributed by atoms with Crippen molar-refractivity contribution in [3.8, 4) is 6.07 Å². The van der Waals surface area contributed by atoms with Gasteiger partial charge in [0.15, 0.2) is 5.84 Å². The Bertz CT molecular complexity index is 400. The Kier molecular flexibility index (Phi) is 1.78. The van der Waals surface area contributed by atoms with E-state index in [-0.39, 0.29) is 11.4 Å². The molecule has 1 aliphatic rings. The van der Waals surface area contributed by atoms with Crippen LogP contribution in [0.1, 0.15) is 0 Å². The highest BCUT2D eigenvalue weighted by atomic mass is 32.2. The molecule has 0 aromatic heterocycles. The average molecular weight is 186 g/mol. The fourth-order valence-electron chi connectivity index (χ4n) is 0.639. The molecule has 0 unspecified atom stereocenters. The summed E-state index contributed by atoms with van der Waals surface area (Å²) in [5.74, 6) is -0.268. The van der Waals surface area contributed by atoms with Gasteiger partial charge in [0.05, 0.1) is 0 Å². The highest BCUT2D eigenvalue weighted by Crippen LogP contribution is 2.10. The third-order valence-corrected chi connectivity index (χ3v) is 2.55. The minimum Gasteiger partial charge on any atom is -0.382 e. The van der Waals surface area contributed by atoms with Gasteiger partial charge in [0.2, 0.25) is 0 Å². The number of hydrogen-bond acceptors (Lipinski definition) is 4. The molecule has 7 heteroatoms. The molecular weight excluding hydrogens is 180 g/mol. The molecule has 1 aliphatic heterocycles. The van der Waals surface area contributed by atoms with E-state index < -0.39 is 10.2 Å². The van der Waals surface area contributed by atoms with E-state index in [9.17, 15) is 8.42 Å². The summed E-state index contributed by atoms with van der Waals surface area (Å²) in [6.07, 6.45) is 1.12. The maximum Gasteiger partial charge on any atom is 0.345 e. The Morgan fingerprint density at radius 3 is 2.83 bits per heavy atom. The van der Waals surface area contributed by atoms with Gasteiger partial charge in [0.25, 0.3) is 0 Å². The van der Waals surface area contributed by atoms with Gasteiger partial charge >= 0.3 is 10.2 Å². The predicted octanol–water partition coefficient (Wildman–Crippen LogP) is -1.06. The van der Waals surface area contributed by atoms with E-state index in [1.54, 1.807) is 6.07 Å². The van der Waals surface area contributed by atoms with E-state index in [1.807, 2.05) is 0 Å². The van der Waals surface area contributed by atoms with Crippen molar-refractivity contribution in [2.24, 2.45) is 10.1 Å². The number of amidine groups is 1. The summed E-state index contributed by atoms with van der Waals surface area (Å²) in [5.41, 5.74) is 5.23. The van der Waals surface area contributed by atoms with Gasteiger partial charge in [-0.1, -0.05) is 0 Å². The standard InChI is InChI=1S/C5H6N4O2S/c1-9-3-4(2-6)5(7)8-12(9,10)11/h3H,1H3,(H2,7,8). The van der Waals surface area contributed by atoms with Crippen molar-refractivity contribution < 1.29 is 8.42 Å². The van der Waals surface area contributed by atoms with Gasteiger partial charge in [-0.25, -0.2) is 0 Å². The van der Waals surface area contributed by atoms with Gasteiger partial charge in [-0.05, 0) is 0 Å². The number of nitrogens with two attached hydrogens (primary N) is 1. The highest BCUT2D eigenvalue weighted by Gasteiger charge is 2.21. The summed E-state index contributed by atoms with van der Waals surface area (Å²) in [5, 5.41) is 8.45. The molecule has 0 aromatic carbocycles. The summed E-state index contributed by atoms with van der Waals surface area (Å²) in [7, 11) is -2.40. The molecular formula is C5H6N4O2S. The van der Waals surface area contributed by atoms with Gasteiger partial charge in [0, 0.05) is 13.2 Å². The molecule has 2 N–H and O–H groups in total. The monoisotopic (exact) mass is 186 g/mol. The maximum absolute atomic E-state index is 11.0. The largest absolute Gasteiger partial charge is 0.382 e. The Labute approximate surface area is 69.8 Å². The Balaban J connectivity index is 3.25. The smallest absolute Gasteiger partial charge is 0.345 e. The lowest BCUT2D eigenvalue weighted by molar-refractivity contribution is 0.539. The number of hydrogen-bond donors (Lipinski definition) is 1. The van der Waals surface area contributed by atoms with Crippen LogP contribution in [0.4, 0.5) is 0 Å². The fraction of sp³-hybridized carbons (Fsp3) is 0.200. The predicted molar refractivity (Wildman–Crippen MR) is 42.0 cm³/mol. The molecule has 0 radical (unpaired) electrons. The zero-order chi connectivity index (χ0) is 9.35. The second-order valence-corrected chi connectivity index (χ2v) is 3.78. The summed E-state index contributed by atoms with van der Waals surface area (Å²) < 4.78 is 25.9. The van der Waals surface area contributed by atoms with Crippen molar-refractivity contribution in [2.75, 3.05) is 7.05 Å². The van der Waals surface area contributed by atoms with Crippen molar-refractivity contribution in [1.29, 1.82) is 5.26 Å². The SMILES string of the molecule is CN1C=C(C#N)C(N)=NS1(=O)=O. The highest BCUT2D eigenvalue weighted by molar-refractivity contribution is 7.88. The van der Waals surface area contributed by atoms with E-state index in [0.717, 1.165) is 10.5 Å². The van der Waals surface area contributed by atoms with E-state index in [4.69, 9.17) is 11.0 Å². The van der Waals surface area contributed by atoms with Crippen LogP contribution in [-0.2, 0) is 10.2 Å². The number of rotatable bonds is 0. The fourth-order valence-corrected chi connectivity index (χ4v) is 1.35. The van der Waals surface area contributed by atoms with Crippen molar-refractivity contribution in [3.05, 3.63) is 11.8 Å². The van der Waals surface area contributed by atoms with Crippen molar-refractivity contribution >= 4 is 16.0 Å². The Morgan fingerprint density at radius 1 is 1.75 bits per heavy atom. The van der Waals surface area contributed by atoms with Crippen LogP contribution in [0, 0.1) is 11.3 Å².